The highest BCUT2D eigenvalue weighted by atomic mass is 35.5. The molecular formula is C15H16ClNO3S. The lowest BCUT2D eigenvalue weighted by Gasteiger charge is -2.19. The summed E-state index contributed by atoms with van der Waals surface area (Å²) in [6, 6.07) is 13.4. The van der Waals surface area contributed by atoms with Gasteiger partial charge in [0.05, 0.1) is 11.5 Å². The van der Waals surface area contributed by atoms with E-state index in [4.69, 9.17) is 11.6 Å². The van der Waals surface area contributed by atoms with Crippen LogP contribution in [0.4, 0.5) is 0 Å². The number of sulfonamides is 1. The summed E-state index contributed by atoms with van der Waals surface area (Å²) in [6.45, 7) is -0.0799. The molecule has 0 fully saturated rings. The molecule has 0 unspecified atom stereocenters. The van der Waals surface area contributed by atoms with Crippen molar-refractivity contribution in [3.05, 3.63) is 64.7 Å². The monoisotopic (exact) mass is 325 g/mol. The van der Waals surface area contributed by atoms with Gasteiger partial charge in [0, 0.05) is 18.6 Å². The van der Waals surface area contributed by atoms with Gasteiger partial charge in [0.1, 0.15) is 0 Å². The molecule has 2 aromatic rings. The summed E-state index contributed by atoms with van der Waals surface area (Å²) < 4.78 is 26.4. The van der Waals surface area contributed by atoms with E-state index in [1.54, 1.807) is 42.5 Å². The van der Waals surface area contributed by atoms with Gasteiger partial charge in [0.2, 0.25) is 10.0 Å². The fraction of sp³-hybridized carbons (Fsp3) is 0.200. The number of aliphatic hydroxyl groups excluding tert-OH is 1. The van der Waals surface area contributed by atoms with Crippen LogP contribution < -0.4 is 0 Å². The molecule has 6 heteroatoms. The van der Waals surface area contributed by atoms with E-state index in [9.17, 15) is 13.5 Å². The van der Waals surface area contributed by atoms with Crippen molar-refractivity contribution in [2.75, 3.05) is 7.05 Å². The largest absolute Gasteiger partial charge is 0.392 e. The second-order valence-electron chi connectivity index (χ2n) is 4.65. The van der Waals surface area contributed by atoms with Gasteiger partial charge in [-0.25, -0.2) is 8.42 Å². The molecule has 0 aliphatic rings. The average molecular weight is 326 g/mol. The van der Waals surface area contributed by atoms with Gasteiger partial charge in [-0.3, -0.25) is 0 Å². The van der Waals surface area contributed by atoms with Gasteiger partial charge < -0.3 is 5.11 Å². The number of benzene rings is 2. The molecule has 0 amide bonds. The van der Waals surface area contributed by atoms with E-state index in [2.05, 4.69) is 0 Å². The molecule has 1 N–H and O–H groups in total. The van der Waals surface area contributed by atoms with Crippen LogP contribution in [-0.4, -0.2) is 24.9 Å². The maximum atomic E-state index is 12.6. The van der Waals surface area contributed by atoms with E-state index >= 15 is 0 Å². The molecule has 0 radical (unpaired) electrons. The second-order valence-corrected chi connectivity index (χ2v) is 7.10. The van der Waals surface area contributed by atoms with Crippen molar-refractivity contribution in [3.63, 3.8) is 0 Å². The molecule has 0 aromatic heterocycles. The molecule has 0 saturated carbocycles. The fourth-order valence-electron chi connectivity index (χ4n) is 1.99. The van der Waals surface area contributed by atoms with Gasteiger partial charge in [-0.15, -0.1) is 0 Å². The Morgan fingerprint density at radius 1 is 1.10 bits per heavy atom. The van der Waals surface area contributed by atoms with Gasteiger partial charge in [0.25, 0.3) is 0 Å². The van der Waals surface area contributed by atoms with Crippen LogP contribution in [0.1, 0.15) is 11.1 Å². The number of nitrogens with zero attached hydrogens (tertiary/aromatic N) is 1. The Kier molecular flexibility index (Phi) is 5.00. The highest BCUT2D eigenvalue weighted by molar-refractivity contribution is 7.89. The summed E-state index contributed by atoms with van der Waals surface area (Å²) in [4.78, 5) is 0.129. The third-order valence-electron chi connectivity index (χ3n) is 3.15. The van der Waals surface area contributed by atoms with E-state index in [1.165, 1.54) is 17.4 Å². The van der Waals surface area contributed by atoms with Gasteiger partial charge in [0.15, 0.2) is 0 Å². The van der Waals surface area contributed by atoms with Gasteiger partial charge in [-0.1, -0.05) is 41.9 Å². The SMILES string of the molecule is CN(Cc1ccc(Cl)cc1)S(=O)(=O)c1ccccc1CO. The van der Waals surface area contributed by atoms with E-state index in [0.29, 0.717) is 10.6 Å². The lowest BCUT2D eigenvalue weighted by molar-refractivity contribution is 0.278. The first-order valence-electron chi connectivity index (χ1n) is 6.34. The molecule has 0 spiro atoms. The van der Waals surface area contributed by atoms with E-state index < -0.39 is 10.0 Å². The summed E-state index contributed by atoms with van der Waals surface area (Å²) in [7, 11) is -2.14. The van der Waals surface area contributed by atoms with Crippen LogP contribution in [0, 0.1) is 0 Å². The van der Waals surface area contributed by atoms with Gasteiger partial charge >= 0.3 is 0 Å². The molecule has 0 aliphatic carbocycles. The molecule has 2 aromatic carbocycles. The Hall–Kier alpha value is -1.40. The molecule has 0 saturated heterocycles. The minimum Gasteiger partial charge on any atom is -0.392 e. The van der Waals surface area contributed by atoms with Crippen molar-refractivity contribution >= 4 is 21.6 Å². The number of rotatable bonds is 5. The van der Waals surface area contributed by atoms with Crippen molar-refractivity contribution < 1.29 is 13.5 Å². The summed E-state index contributed by atoms with van der Waals surface area (Å²) >= 11 is 5.81. The first kappa shape index (κ1) is 16.0. The maximum absolute atomic E-state index is 12.6. The minimum absolute atomic E-state index is 0.129. The number of hydrogen-bond donors (Lipinski definition) is 1. The standard InChI is InChI=1S/C15H16ClNO3S/c1-17(10-12-6-8-14(16)9-7-12)21(19,20)15-5-3-2-4-13(15)11-18/h2-9,18H,10-11H2,1H3. The van der Waals surface area contributed by atoms with Crippen LogP contribution >= 0.6 is 11.6 Å². The van der Waals surface area contributed by atoms with Crippen molar-refractivity contribution in [3.8, 4) is 0 Å². The highest BCUT2D eigenvalue weighted by Gasteiger charge is 2.23. The van der Waals surface area contributed by atoms with Crippen LogP contribution in [0.25, 0.3) is 0 Å². The Morgan fingerprint density at radius 3 is 2.33 bits per heavy atom. The molecule has 21 heavy (non-hydrogen) atoms. The summed E-state index contributed by atoms with van der Waals surface area (Å²) in [5.74, 6) is 0. The first-order valence-corrected chi connectivity index (χ1v) is 8.16. The zero-order valence-electron chi connectivity index (χ0n) is 11.5. The van der Waals surface area contributed by atoms with Crippen LogP contribution in [0.15, 0.2) is 53.4 Å². The number of hydrogen-bond acceptors (Lipinski definition) is 3. The van der Waals surface area contributed by atoms with E-state index in [-0.39, 0.29) is 18.0 Å². The van der Waals surface area contributed by atoms with Crippen LogP contribution in [-0.2, 0) is 23.2 Å². The number of aliphatic hydroxyl groups is 1. The van der Waals surface area contributed by atoms with E-state index in [0.717, 1.165) is 5.56 Å². The lowest BCUT2D eigenvalue weighted by Crippen LogP contribution is -2.27. The topological polar surface area (TPSA) is 57.6 Å². The minimum atomic E-state index is -3.65. The molecule has 112 valence electrons. The van der Waals surface area contributed by atoms with Gasteiger partial charge in [-0.2, -0.15) is 4.31 Å². The van der Waals surface area contributed by atoms with Crippen molar-refractivity contribution in [2.45, 2.75) is 18.0 Å². The molecule has 0 heterocycles. The molecule has 0 aliphatic heterocycles. The predicted octanol–water partition coefficient (Wildman–Crippen LogP) is 2.65. The zero-order chi connectivity index (χ0) is 15.5. The normalized spacial score (nSPS) is 11.8. The van der Waals surface area contributed by atoms with Gasteiger partial charge in [-0.05, 0) is 29.3 Å². The Labute approximate surface area is 129 Å². The summed E-state index contributed by atoms with van der Waals surface area (Å²) in [5.41, 5.74) is 1.23. The van der Waals surface area contributed by atoms with Crippen molar-refractivity contribution in [2.24, 2.45) is 0 Å². The maximum Gasteiger partial charge on any atom is 0.243 e. The quantitative estimate of drug-likeness (QED) is 0.919. The third-order valence-corrected chi connectivity index (χ3v) is 5.31. The third kappa shape index (κ3) is 3.63. The first-order chi connectivity index (χ1) is 9.95. The Morgan fingerprint density at radius 2 is 1.71 bits per heavy atom. The smallest absolute Gasteiger partial charge is 0.243 e. The molecule has 0 atom stereocenters. The van der Waals surface area contributed by atoms with E-state index in [1.807, 2.05) is 0 Å². The molecule has 2 rings (SSSR count). The molecular weight excluding hydrogens is 310 g/mol. The average Bonchev–Trinajstić information content (AvgIpc) is 2.49. The lowest BCUT2D eigenvalue weighted by atomic mass is 10.2. The predicted molar refractivity (Wildman–Crippen MR) is 82.5 cm³/mol. The summed E-state index contributed by atoms with van der Waals surface area (Å²) in [5, 5.41) is 9.89. The highest BCUT2D eigenvalue weighted by Crippen LogP contribution is 2.21. The Balaban J connectivity index is 2.28. The van der Waals surface area contributed by atoms with Crippen LogP contribution in [0.2, 0.25) is 5.02 Å². The van der Waals surface area contributed by atoms with Crippen molar-refractivity contribution in [1.82, 2.24) is 4.31 Å². The van der Waals surface area contributed by atoms with Crippen molar-refractivity contribution in [1.29, 1.82) is 0 Å². The van der Waals surface area contributed by atoms with Crippen LogP contribution in [0.5, 0.6) is 0 Å². The summed E-state index contributed by atoms with van der Waals surface area (Å²) in [6.07, 6.45) is 0. The zero-order valence-corrected chi connectivity index (χ0v) is 13.1. The molecule has 0 bridgehead atoms. The number of halogens is 1. The van der Waals surface area contributed by atoms with Crippen LogP contribution in [0.3, 0.4) is 0 Å². The Bertz CT molecular complexity index is 714. The fourth-order valence-corrected chi connectivity index (χ4v) is 3.48. The molecule has 4 nitrogen and oxygen atoms in total. The second kappa shape index (κ2) is 6.58.